The van der Waals surface area contributed by atoms with Gasteiger partial charge in [-0.3, -0.25) is 4.79 Å². The lowest BCUT2D eigenvalue weighted by atomic mass is 10.2. The molecule has 1 aliphatic carbocycles. The third-order valence-electron chi connectivity index (χ3n) is 2.73. The van der Waals surface area contributed by atoms with Crippen molar-refractivity contribution in [2.24, 2.45) is 0 Å². The van der Waals surface area contributed by atoms with Crippen molar-refractivity contribution in [3.05, 3.63) is 33.7 Å². The summed E-state index contributed by atoms with van der Waals surface area (Å²) in [5.41, 5.74) is 0.706. The van der Waals surface area contributed by atoms with Gasteiger partial charge in [-0.05, 0) is 31.7 Å². The van der Waals surface area contributed by atoms with E-state index < -0.39 is 0 Å². The highest BCUT2D eigenvalue weighted by Crippen LogP contribution is 2.42. The van der Waals surface area contributed by atoms with Gasteiger partial charge in [-0.15, -0.1) is 11.3 Å². The monoisotopic (exact) mass is 248 g/mol. The van der Waals surface area contributed by atoms with Gasteiger partial charge in [-0.1, -0.05) is 5.16 Å². The van der Waals surface area contributed by atoms with Crippen molar-refractivity contribution in [3.63, 3.8) is 0 Å². The molecular weight excluding hydrogens is 236 g/mol. The molecule has 88 valence electrons. The molecule has 0 spiro atoms. The third-order valence-corrected chi connectivity index (χ3v) is 3.83. The second kappa shape index (κ2) is 4.00. The van der Waals surface area contributed by atoms with E-state index in [-0.39, 0.29) is 5.91 Å². The van der Waals surface area contributed by atoms with Crippen molar-refractivity contribution in [3.8, 4) is 0 Å². The minimum Gasteiger partial charge on any atom is -0.360 e. The summed E-state index contributed by atoms with van der Waals surface area (Å²) in [5.74, 6) is 1.72. The number of amides is 1. The molecule has 1 fully saturated rings. The number of nitrogens with zero attached hydrogens (tertiary/aromatic N) is 1. The van der Waals surface area contributed by atoms with E-state index in [0.717, 1.165) is 0 Å². The fraction of sp³-hybridized carbons (Fsp3) is 0.333. The van der Waals surface area contributed by atoms with Crippen LogP contribution < -0.4 is 5.32 Å². The van der Waals surface area contributed by atoms with E-state index in [1.807, 2.05) is 11.4 Å². The van der Waals surface area contributed by atoms with E-state index in [0.29, 0.717) is 23.1 Å². The Morgan fingerprint density at radius 1 is 1.53 bits per heavy atom. The molecule has 0 bridgehead atoms. The Kier molecular flexibility index (Phi) is 2.48. The van der Waals surface area contributed by atoms with Gasteiger partial charge in [0.05, 0.1) is 5.56 Å². The number of nitrogens with one attached hydrogen (secondary N) is 1. The number of thiophene rings is 1. The average Bonchev–Trinajstić information content (AvgIpc) is 2.88. The number of hydrogen-bond acceptors (Lipinski definition) is 4. The molecule has 0 saturated heterocycles. The first-order chi connectivity index (χ1) is 8.22. The zero-order valence-corrected chi connectivity index (χ0v) is 10.2. The number of aryl methyl sites for hydroxylation is 1. The Morgan fingerprint density at radius 3 is 3.00 bits per heavy atom. The van der Waals surface area contributed by atoms with E-state index in [4.69, 9.17) is 4.52 Å². The maximum absolute atomic E-state index is 11.9. The quantitative estimate of drug-likeness (QED) is 0.907. The van der Waals surface area contributed by atoms with Crippen LogP contribution in [0.2, 0.25) is 0 Å². The molecule has 0 aliphatic heterocycles. The van der Waals surface area contributed by atoms with Crippen LogP contribution in [0.5, 0.6) is 0 Å². The molecule has 2 aromatic rings. The van der Waals surface area contributed by atoms with Crippen LogP contribution in [0.4, 0.5) is 5.82 Å². The molecule has 4 nitrogen and oxygen atoms in total. The molecule has 0 aromatic carbocycles. The summed E-state index contributed by atoms with van der Waals surface area (Å²) in [6.07, 6.45) is 2.51. The van der Waals surface area contributed by atoms with Crippen molar-refractivity contribution in [2.75, 3.05) is 5.32 Å². The summed E-state index contributed by atoms with van der Waals surface area (Å²) >= 11 is 1.66. The Balaban J connectivity index is 1.72. The molecule has 17 heavy (non-hydrogen) atoms. The van der Waals surface area contributed by atoms with Gasteiger partial charge < -0.3 is 9.84 Å². The Labute approximate surface area is 103 Å². The van der Waals surface area contributed by atoms with Crippen molar-refractivity contribution in [2.45, 2.75) is 25.7 Å². The Hall–Kier alpha value is -1.62. The Morgan fingerprint density at radius 2 is 2.35 bits per heavy atom. The zero-order chi connectivity index (χ0) is 11.8. The summed E-state index contributed by atoms with van der Waals surface area (Å²) in [4.78, 5) is 13.2. The molecule has 5 heteroatoms. The lowest BCUT2D eigenvalue weighted by Crippen LogP contribution is -2.10. The van der Waals surface area contributed by atoms with Crippen molar-refractivity contribution in [1.82, 2.24) is 5.16 Å². The summed E-state index contributed by atoms with van der Waals surface area (Å²) in [6.45, 7) is 1.79. The van der Waals surface area contributed by atoms with Gasteiger partial charge in [-0.2, -0.15) is 0 Å². The molecule has 1 amide bonds. The topological polar surface area (TPSA) is 55.1 Å². The van der Waals surface area contributed by atoms with Gasteiger partial charge in [-0.25, -0.2) is 0 Å². The first-order valence-corrected chi connectivity index (χ1v) is 6.43. The van der Waals surface area contributed by atoms with E-state index in [1.165, 1.54) is 17.7 Å². The SMILES string of the molecule is Cc1cc(NC(=O)c2csc(C3CC3)c2)no1. The van der Waals surface area contributed by atoms with E-state index in [2.05, 4.69) is 10.5 Å². The largest absolute Gasteiger partial charge is 0.360 e. The minimum atomic E-state index is -0.124. The van der Waals surface area contributed by atoms with Gasteiger partial charge in [0.1, 0.15) is 5.76 Å². The molecule has 1 aliphatic rings. The van der Waals surface area contributed by atoms with Crippen molar-refractivity contribution >= 4 is 23.1 Å². The highest BCUT2D eigenvalue weighted by atomic mass is 32.1. The summed E-state index contributed by atoms with van der Waals surface area (Å²) in [7, 11) is 0. The van der Waals surface area contributed by atoms with Crippen LogP contribution >= 0.6 is 11.3 Å². The van der Waals surface area contributed by atoms with Crippen molar-refractivity contribution < 1.29 is 9.32 Å². The number of anilines is 1. The average molecular weight is 248 g/mol. The van der Waals surface area contributed by atoms with Gasteiger partial charge in [0.2, 0.25) is 0 Å². The van der Waals surface area contributed by atoms with Crippen LogP contribution in [0.15, 0.2) is 22.0 Å². The number of rotatable bonds is 3. The van der Waals surface area contributed by atoms with Gasteiger partial charge >= 0.3 is 0 Å². The highest BCUT2D eigenvalue weighted by molar-refractivity contribution is 7.10. The second-order valence-electron chi connectivity index (χ2n) is 4.29. The van der Waals surface area contributed by atoms with Crippen LogP contribution in [0.1, 0.15) is 39.8 Å². The fourth-order valence-electron chi connectivity index (χ4n) is 1.67. The first-order valence-electron chi connectivity index (χ1n) is 5.55. The molecule has 0 atom stereocenters. The summed E-state index contributed by atoms with van der Waals surface area (Å²) < 4.78 is 4.89. The molecule has 3 rings (SSSR count). The minimum absolute atomic E-state index is 0.124. The van der Waals surface area contributed by atoms with Crippen LogP contribution in [0.3, 0.4) is 0 Å². The number of carbonyl (C=O) groups excluding carboxylic acids is 1. The molecule has 1 N–H and O–H groups in total. The van der Waals surface area contributed by atoms with E-state index >= 15 is 0 Å². The first kappa shape index (κ1) is 10.5. The normalized spacial score (nSPS) is 14.9. The maximum Gasteiger partial charge on any atom is 0.257 e. The molecule has 0 radical (unpaired) electrons. The molecular formula is C12H12N2O2S. The second-order valence-corrected chi connectivity index (χ2v) is 5.23. The van der Waals surface area contributed by atoms with Gasteiger partial charge in [0, 0.05) is 16.3 Å². The maximum atomic E-state index is 11.9. The highest BCUT2D eigenvalue weighted by Gasteiger charge is 2.25. The number of hydrogen-bond donors (Lipinski definition) is 1. The number of aromatic nitrogens is 1. The van der Waals surface area contributed by atoms with E-state index in [9.17, 15) is 4.79 Å². The summed E-state index contributed by atoms with van der Waals surface area (Å²) in [6, 6.07) is 3.68. The molecule has 1 saturated carbocycles. The Bertz CT molecular complexity index is 554. The van der Waals surface area contributed by atoms with Crippen LogP contribution in [0.25, 0.3) is 0 Å². The van der Waals surface area contributed by atoms with Gasteiger partial charge in [0.25, 0.3) is 5.91 Å². The van der Waals surface area contributed by atoms with Crippen molar-refractivity contribution in [1.29, 1.82) is 0 Å². The summed E-state index contributed by atoms with van der Waals surface area (Å²) in [5, 5.41) is 8.35. The zero-order valence-electron chi connectivity index (χ0n) is 9.40. The lowest BCUT2D eigenvalue weighted by molar-refractivity contribution is 0.102. The van der Waals surface area contributed by atoms with Crippen LogP contribution in [-0.4, -0.2) is 11.1 Å². The predicted molar refractivity (Wildman–Crippen MR) is 65.5 cm³/mol. The lowest BCUT2D eigenvalue weighted by Gasteiger charge is -1.96. The molecule has 2 aromatic heterocycles. The van der Waals surface area contributed by atoms with Crippen LogP contribution in [-0.2, 0) is 0 Å². The van der Waals surface area contributed by atoms with E-state index in [1.54, 1.807) is 24.3 Å². The molecule has 0 unspecified atom stereocenters. The smallest absolute Gasteiger partial charge is 0.257 e. The van der Waals surface area contributed by atoms with Crippen LogP contribution in [0, 0.1) is 6.92 Å². The fourth-order valence-corrected chi connectivity index (χ4v) is 2.73. The third kappa shape index (κ3) is 2.24. The molecule has 2 heterocycles. The predicted octanol–water partition coefficient (Wildman–Crippen LogP) is 3.17. The van der Waals surface area contributed by atoms with Gasteiger partial charge in [0.15, 0.2) is 5.82 Å². The number of carbonyl (C=O) groups is 1. The standard InChI is InChI=1S/C12H12N2O2S/c1-7-4-11(14-16-7)13-12(15)9-5-10(17-6-9)8-2-3-8/h4-6,8H,2-3H2,1H3,(H,13,14,15).